The van der Waals surface area contributed by atoms with Crippen LogP contribution >= 0.6 is 12.0 Å². The lowest BCUT2D eigenvalue weighted by Gasteiger charge is -2.19. The molecule has 0 saturated heterocycles. The number of hydrogen-bond acceptors (Lipinski definition) is 9. The molecule has 1 aliphatic carbocycles. The van der Waals surface area contributed by atoms with Crippen LogP contribution in [0.4, 0.5) is 0 Å². The largest absolute Gasteiger partial charge is 0.744 e. The molecule has 2 aromatic rings. The Labute approximate surface area is 139 Å². The van der Waals surface area contributed by atoms with Gasteiger partial charge in [0, 0.05) is 27.1 Å². The zero-order valence-corrected chi connectivity index (χ0v) is 13.2. The van der Waals surface area contributed by atoms with Crippen molar-refractivity contribution in [2.45, 2.75) is 9.79 Å². The first-order valence-electron chi connectivity index (χ1n) is 6.29. The monoisotopic (exact) mass is 366 g/mol. The summed E-state index contributed by atoms with van der Waals surface area (Å²) in [6.45, 7) is 0. The van der Waals surface area contributed by atoms with Crippen molar-refractivity contribution in [3.63, 3.8) is 0 Å². The van der Waals surface area contributed by atoms with Crippen LogP contribution in [0.5, 0.6) is 0 Å². The van der Waals surface area contributed by atoms with E-state index in [1.165, 1.54) is 18.2 Å². The van der Waals surface area contributed by atoms with E-state index in [0.717, 1.165) is 18.2 Å². The topological polar surface area (TPSA) is 133 Å². The molecule has 2 aromatic carbocycles. The Kier molecular flexibility index (Phi) is 4.25. The van der Waals surface area contributed by atoms with Gasteiger partial charge in [0.1, 0.15) is 10.1 Å². The molecule has 0 amide bonds. The average molecular weight is 366 g/mol. The smallest absolute Gasteiger partial charge is 0.194 e. The molecule has 10 heteroatoms. The summed E-state index contributed by atoms with van der Waals surface area (Å²) >= 11 is 0.565. The number of carbonyl (C=O) groups excluding carboxylic acids is 2. The van der Waals surface area contributed by atoms with Crippen molar-refractivity contribution < 1.29 is 37.2 Å². The molecule has 0 bridgehead atoms. The van der Waals surface area contributed by atoms with Crippen molar-refractivity contribution in [3.05, 3.63) is 58.7 Å². The molecule has 1 aliphatic rings. The van der Waals surface area contributed by atoms with E-state index in [1.807, 2.05) is 0 Å². The Morgan fingerprint density at radius 2 is 1.46 bits per heavy atom. The highest BCUT2D eigenvalue weighted by molar-refractivity contribution is 7.94. The number of ketones is 2. The van der Waals surface area contributed by atoms with Crippen LogP contribution in [0.25, 0.3) is 0 Å². The van der Waals surface area contributed by atoms with Crippen molar-refractivity contribution in [1.82, 2.24) is 0 Å². The fraction of sp³-hybridized carbons (Fsp3) is 0. The summed E-state index contributed by atoms with van der Waals surface area (Å²) in [6.07, 6.45) is 0. The summed E-state index contributed by atoms with van der Waals surface area (Å²) in [5.74, 6) is -1.09. The molecule has 0 spiro atoms. The van der Waals surface area contributed by atoms with Gasteiger partial charge in [-0.25, -0.2) is 8.42 Å². The molecule has 124 valence electrons. The summed E-state index contributed by atoms with van der Waals surface area (Å²) in [4.78, 5) is 24.8. The molecule has 0 saturated carbocycles. The van der Waals surface area contributed by atoms with E-state index in [-0.39, 0.29) is 22.3 Å². The number of rotatable bonds is 4. The maximum absolute atomic E-state index is 12.5. The number of hydrogen-bond donors (Lipinski definition) is 0. The molecule has 0 unspecified atom stereocenters. The predicted molar refractivity (Wildman–Crippen MR) is 75.7 cm³/mol. The molecule has 3 rings (SSSR count). The molecule has 0 heterocycles. The molecule has 8 nitrogen and oxygen atoms in total. The van der Waals surface area contributed by atoms with Crippen molar-refractivity contribution in [2.24, 2.45) is 0 Å². The van der Waals surface area contributed by atoms with E-state index < -0.39 is 26.6 Å². The maximum Gasteiger partial charge on any atom is 0.194 e. The minimum Gasteiger partial charge on any atom is -0.744 e. The van der Waals surface area contributed by atoms with Gasteiger partial charge in [-0.1, -0.05) is 0 Å². The zero-order chi connectivity index (χ0) is 17.5. The van der Waals surface area contributed by atoms with Crippen molar-refractivity contribution in [3.8, 4) is 0 Å². The van der Waals surface area contributed by atoms with E-state index in [2.05, 4.69) is 9.37 Å². The van der Waals surface area contributed by atoms with Crippen LogP contribution in [-0.2, 0) is 19.5 Å². The summed E-state index contributed by atoms with van der Waals surface area (Å²) in [7, 11) is -4.75. The van der Waals surface area contributed by atoms with Crippen molar-refractivity contribution >= 4 is 33.7 Å². The van der Waals surface area contributed by atoms with Gasteiger partial charge in [-0.3, -0.25) is 14.6 Å². The molecule has 0 N–H and O–H groups in total. The Morgan fingerprint density at radius 1 is 0.875 bits per heavy atom. The lowest BCUT2D eigenvalue weighted by molar-refractivity contribution is -0.777. The minimum atomic E-state index is -4.75. The summed E-state index contributed by atoms with van der Waals surface area (Å²) in [6, 6.07) is 7.11. The summed E-state index contributed by atoms with van der Waals surface area (Å²) in [5.41, 5.74) is -0.0305. The summed E-state index contributed by atoms with van der Waals surface area (Å²) < 4.78 is 37.4. The third kappa shape index (κ3) is 2.86. The Bertz CT molecular complexity index is 965. The van der Waals surface area contributed by atoms with E-state index in [1.54, 1.807) is 0 Å². The normalized spacial score (nSPS) is 13.6. The van der Waals surface area contributed by atoms with Gasteiger partial charge in [0.15, 0.2) is 11.6 Å². The van der Waals surface area contributed by atoms with Gasteiger partial charge in [-0.15, -0.1) is 0 Å². The van der Waals surface area contributed by atoms with Crippen molar-refractivity contribution in [2.75, 3.05) is 0 Å². The third-order valence-corrected chi connectivity index (χ3v) is 4.81. The first kappa shape index (κ1) is 16.8. The highest BCUT2D eigenvalue weighted by Crippen LogP contribution is 2.31. The minimum absolute atomic E-state index is 0.0111. The van der Waals surface area contributed by atoms with Gasteiger partial charge in [-0.05, 0) is 36.4 Å². The maximum atomic E-state index is 12.5. The van der Waals surface area contributed by atoms with Crippen LogP contribution in [0, 0.1) is 0 Å². The second-order valence-electron chi connectivity index (χ2n) is 4.75. The number of fused-ring (bicyclic) bond motifs is 2. The number of carbonyl (C=O) groups is 2. The molecule has 24 heavy (non-hydrogen) atoms. The first-order chi connectivity index (χ1) is 11.3. The fourth-order valence-electron chi connectivity index (χ4n) is 2.37. The summed E-state index contributed by atoms with van der Waals surface area (Å²) in [5, 5.41) is 13.1. The molecule has 0 aliphatic heterocycles. The average Bonchev–Trinajstić information content (AvgIpc) is 2.56. The standard InChI is InChI=1S/C14H8O8S2/c15-13-10-4-2-8(24(18,19)20)6-12(10)14(16)9-3-1-7(5-11(9)13)23-22-21-17/h1-6,17H,(H,18,19,20)/p-2. The lowest BCUT2D eigenvalue weighted by Crippen LogP contribution is -2.21. The second kappa shape index (κ2) is 6.09. The van der Waals surface area contributed by atoms with Crippen LogP contribution in [0.2, 0.25) is 0 Å². The Hall–Kier alpha value is -2.08. The van der Waals surface area contributed by atoms with Crippen LogP contribution in [0.1, 0.15) is 31.8 Å². The second-order valence-corrected chi connectivity index (χ2v) is 6.90. The van der Waals surface area contributed by atoms with E-state index >= 15 is 0 Å². The van der Waals surface area contributed by atoms with Gasteiger partial charge in [0.2, 0.25) is 0 Å². The van der Waals surface area contributed by atoms with Crippen molar-refractivity contribution in [1.29, 1.82) is 0 Å². The van der Waals surface area contributed by atoms with Gasteiger partial charge >= 0.3 is 0 Å². The van der Waals surface area contributed by atoms with Gasteiger partial charge in [0.05, 0.1) is 16.9 Å². The fourth-order valence-corrected chi connectivity index (χ4v) is 3.26. The highest BCUT2D eigenvalue weighted by atomic mass is 32.2. The van der Waals surface area contributed by atoms with Crippen LogP contribution in [0.15, 0.2) is 46.2 Å². The Morgan fingerprint density at radius 3 is 2.04 bits per heavy atom. The van der Waals surface area contributed by atoms with Gasteiger partial charge in [0.25, 0.3) is 0 Å². The number of benzene rings is 2. The van der Waals surface area contributed by atoms with E-state index in [4.69, 9.17) is 0 Å². The van der Waals surface area contributed by atoms with Crippen LogP contribution in [0.3, 0.4) is 0 Å². The lowest BCUT2D eigenvalue weighted by atomic mass is 9.84. The van der Waals surface area contributed by atoms with Crippen LogP contribution in [-0.4, -0.2) is 24.5 Å². The Balaban J connectivity index is 2.11. The molecular weight excluding hydrogens is 360 g/mol. The van der Waals surface area contributed by atoms with Crippen LogP contribution < -0.4 is 5.26 Å². The molecule has 0 fully saturated rings. The van der Waals surface area contributed by atoms with Gasteiger partial charge < -0.3 is 9.81 Å². The molecule has 0 radical (unpaired) electrons. The third-order valence-electron chi connectivity index (χ3n) is 3.41. The zero-order valence-electron chi connectivity index (χ0n) is 11.5. The van der Waals surface area contributed by atoms with E-state index in [9.17, 15) is 27.8 Å². The quantitative estimate of drug-likeness (QED) is 0.281. The highest BCUT2D eigenvalue weighted by Gasteiger charge is 2.30. The predicted octanol–water partition coefficient (Wildman–Crippen LogP) is 0.597. The first-order valence-corrected chi connectivity index (χ1v) is 8.44. The molecule has 0 atom stereocenters. The van der Waals surface area contributed by atoms with E-state index in [0.29, 0.717) is 16.9 Å². The SMILES string of the molecule is O=C1c2ccc(S(=O)(=O)[O-])cc2C(=O)c2ccc(SOO[O-])cc21. The van der Waals surface area contributed by atoms with Gasteiger partial charge in [-0.2, -0.15) is 4.33 Å². The molecular formula is C14H6O8S2-2. The molecule has 0 aromatic heterocycles.